The van der Waals surface area contributed by atoms with Crippen LogP contribution in [0.4, 0.5) is 9.59 Å². The second kappa shape index (κ2) is 8.69. The molecule has 0 heterocycles. The van der Waals surface area contributed by atoms with Crippen LogP contribution in [0.5, 0.6) is 0 Å². The van der Waals surface area contributed by atoms with Crippen LogP contribution in [0.15, 0.2) is 34.9 Å². The van der Waals surface area contributed by atoms with E-state index < -0.39 is 17.7 Å². The number of nitrogens with one attached hydrogen (secondary N) is 1. The lowest BCUT2D eigenvalue weighted by molar-refractivity contribution is 0.0328. The monoisotopic (exact) mass is 383 g/mol. The average molecular weight is 384 g/mol. The Morgan fingerprint density at radius 2 is 1.91 bits per heavy atom. The van der Waals surface area contributed by atoms with Crippen molar-refractivity contribution < 1.29 is 14.3 Å². The number of carbonyl (C=O) groups is 2. The van der Waals surface area contributed by atoms with Crippen LogP contribution in [0.25, 0.3) is 6.08 Å². The lowest BCUT2D eigenvalue weighted by Gasteiger charge is -2.25. The molecule has 0 radical (unpaired) electrons. The quantitative estimate of drug-likeness (QED) is 0.834. The maximum Gasteiger partial charge on any atom is 0.418 e. The summed E-state index contributed by atoms with van der Waals surface area (Å²) < 4.78 is 6.16. The van der Waals surface area contributed by atoms with Crippen molar-refractivity contribution in [2.45, 2.75) is 26.4 Å². The predicted octanol–water partition coefficient (Wildman–Crippen LogP) is 3.33. The Labute approximate surface area is 144 Å². The minimum atomic E-state index is -0.725. The molecule has 0 aliphatic rings. The third-order valence-electron chi connectivity index (χ3n) is 2.56. The number of carbonyl (C=O) groups excluding carboxylic acids is 2. The molecular weight excluding hydrogens is 362 g/mol. The number of rotatable bonds is 4. The minimum absolute atomic E-state index is 0.0763. The summed E-state index contributed by atoms with van der Waals surface area (Å²) in [7, 11) is 0. The zero-order chi connectivity index (χ0) is 17.5. The molecule has 0 aliphatic heterocycles. The largest absolute Gasteiger partial charge is 0.443 e. The van der Waals surface area contributed by atoms with Crippen LogP contribution in [-0.4, -0.2) is 35.7 Å². The van der Waals surface area contributed by atoms with E-state index in [1.54, 1.807) is 26.8 Å². The first-order valence-electron chi connectivity index (χ1n) is 7.16. The minimum Gasteiger partial charge on any atom is -0.443 e. The number of halogens is 1. The SMILES string of the molecule is CC(C)(C)OC(=O)N(CCN)C(=O)N/C=C/c1ccc(Br)cc1. The van der Waals surface area contributed by atoms with Crippen LogP contribution in [0.2, 0.25) is 0 Å². The summed E-state index contributed by atoms with van der Waals surface area (Å²) in [4.78, 5) is 25.1. The molecule has 1 aromatic rings. The number of nitrogens with zero attached hydrogens (tertiary/aromatic N) is 1. The number of amides is 3. The van der Waals surface area contributed by atoms with E-state index in [4.69, 9.17) is 10.5 Å². The molecule has 6 nitrogen and oxygen atoms in total. The molecule has 7 heteroatoms. The zero-order valence-corrected chi connectivity index (χ0v) is 15.1. The fourth-order valence-electron chi connectivity index (χ4n) is 1.58. The van der Waals surface area contributed by atoms with E-state index in [1.807, 2.05) is 24.3 Å². The number of imide groups is 1. The van der Waals surface area contributed by atoms with Crippen molar-refractivity contribution in [2.24, 2.45) is 5.73 Å². The molecule has 0 aliphatic carbocycles. The molecule has 126 valence electrons. The van der Waals surface area contributed by atoms with Gasteiger partial charge in [-0.1, -0.05) is 28.1 Å². The van der Waals surface area contributed by atoms with Gasteiger partial charge in [0.25, 0.3) is 0 Å². The summed E-state index contributed by atoms with van der Waals surface area (Å²) in [6, 6.07) is 6.97. The van der Waals surface area contributed by atoms with Gasteiger partial charge < -0.3 is 15.8 Å². The van der Waals surface area contributed by atoms with Crippen LogP contribution in [-0.2, 0) is 4.74 Å². The van der Waals surface area contributed by atoms with Crippen LogP contribution in [0.3, 0.4) is 0 Å². The number of nitrogens with two attached hydrogens (primary N) is 1. The normalized spacial score (nSPS) is 11.3. The van der Waals surface area contributed by atoms with Gasteiger partial charge >= 0.3 is 12.1 Å². The van der Waals surface area contributed by atoms with Gasteiger partial charge in [0.05, 0.1) is 0 Å². The average Bonchev–Trinajstić information content (AvgIpc) is 2.44. The highest BCUT2D eigenvalue weighted by atomic mass is 79.9. The summed E-state index contributed by atoms with van der Waals surface area (Å²) in [5.41, 5.74) is 5.68. The molecule has 0 atom stereocenters. The molecule has 0 bridgehead atoms. The topological polar surface area (TPSA) is 84.7 Å². The van der Waals surface area contributed by atoms with Crippen molar-refractivity contribution in [3.05, 3.63) is 40.5 Å². The van der Waals surface area contributed by atoms with Gasteiger partial charge in [0, 0.05) is 23.8 Å². The van der Waals surface area contributed by atoms with Crippen molar-refractivity contribution in [2.75, 3.05) is 13.1 Å². The maximum absolute atomic E-state index is 12.1. The maximum atomic E-state index is 12.1. The molecule has 0 spiro atoms. The van der Waals surface area contributed by atoms with Crippen LogP contribution < -0.4 is 11.1 Å². The molecule has 0 aromatic heterocycles. The van der Waals surface area contributed by atoms with Gasteiger partial charge in [-0.15, -0.1) is 0 Å². The van der Waals surface area contributed by atoms with Gasteiger partial charge in [-0.2, -0.15) is 0 Å². The highest BCUT2D eigenvalue weighted by molar-refractivity contribution is 9.10. The molecule has 1 aromatic carbocycles. The molecule has 0 saturated heterocycles. The van der Waals surface area contributed by atoms with E-state index in [9.17, 15) is 9.59 Å². The summed E-state index contributed by atoms with van der Waals surface area (Å²) in [6.07, 6.45) is 2.47. The Kier molecular flexibility index (Phi) is 7.25. The number of hydrogen-bond acceptors (Lipinski definition) is 4. The van der Waals surface area contributed by atoms with Crippen molar-refractivity contribution >= 4 is 34.1 Å². The first kappa shape index (κ1) is 19.2. The van der Waals surface area contributed by atoms with Crippen molar-refractivity contribution in [3.8, 4) is 0 Å². The van der Waals surface area contributed by atoms with E-state index in [1.165, 1.54) is 6.20 Å². The lowest BCUT2D eigenvalue weighted by Crippen LogP contribution is -2.46. The van der Waals surface area contributed by atoms with Crippen LogP contribution >= 0.6 is 15.9 Å². The van der Waals surface area contributed by atoms with Gasteiger partial charge in [-0.3, -0.25) is 0 Å². The van der Waals surface area contributed by atoms with Gasteiger partial charge in [0.2, 0.25) is 0 Å². The number of benzene rings is 1. The fourth-order valence-corrected chi connectivity index (χ4v) is 1.85. The van der Waals surface area contributed by atoms with Crippen LogP contribution in [0.1, 0.15) is 26.3 Å². The second-order valence-electron chi connectivity index (χ2n) is 5.76. The van der Waals surface area contributed by atoms with E-state index in [2.05, 4.69) is 21.2 Å². The van der Waals surface area contributed by atoms with Gasteiger partial charge in [-0.05, 0) is 44.5 Å². The summed E-state index contributed by atoms with van der Waals surface area (Å²) in [5.74, 6) is 0. The Morgan fingerprint density at radius 1 is 1.30 bits per heavy atom. The zero-order valence-electron chi connectivity index (χ0n) is 13.5. The molecular formula is C16H22BrN3O3. The summed E-state index contributed by atoms with van der Waals surface area (Å²) in [6.45, 7) is 5.43. The first-order valence-corrected chi connectivity index (χ1v) is 7.95. The third-order valence-corrected chi connectivity index (χ3v) is 3.09. The van der Waals surface area contributed by atoms with Crippen molar-refractivity contribution in [1.82, 2.24) is 10.2 Å². The van der Waals surface area contributed by atoms with Gasteiger partial charge in [-0.25, -0.2) is 14.5 Å². The van der Waals surface area contributed by atoms with Gasteiger partial charge in [0.15, 0.2) is 0 Å². The molecule has 0 saturated carbocycles. The number of hydrogen-bond donors (Lipinski definition) is 2. The third kappa shape index (κ3) is 7.30. The molecule has 1 rings (SSSR count). The number of ether oxygens (including phenoxy) is 1. The predicted molar refractivity (Wildman–Crippen MR) is 93.7 cm³/mol. The first-order chi connectivity index (χ1) is 10.7. The standard InChI is InChI=1S/C16H22BrN3O3/c1-16(2,3)23-15(22)20(11-9-18)14(21)19-10-8-12-4-6-13(17)7-5-12/h4-8,10H,9,11,18H2,1-3H3,(H,19,21)/b10-8+. The highest BCUT2D eigenvalue weighted by Gasteiger charge is 2.26. The van der Waals surface area contributed by atoms with E-state index in [0.717, 1.165) is 14.9 Å². The Hall–Kier alpha value is -1.86. The fraction of sp³-hybridized carbons (Fsp3) is 0.375. The molecule has 0 fully saturated rings. The lowest BCUT2D eigenvalue weighted by atomic mass is 10.2. The smallest absolute Gasteiger partial charge is 0.418 e. The Bertz CT molecular complexity index is 565. The van der Waals surface area contributed by atoms with E-state index in [-0.39, 0.29) is 13.1 Å². The summed E-state index contributed by atoms with van der Waals surface area (Å²) in [5, 5.41) is 2.54. The van der Waals surface area contributed by atoms with Gasteiger partial charge in [0.1, 0.15) is 5.60 Å². The highest BCUT2D eigenvalue weighted by Crippen LogP contribution is 2.12. The van der Waals surface area contributed by atoms with Crippen LogP contribution in [0, 0.1) is 0 Å². The molecule has 3 N–H and O–H groups in total. The van der Waals surface area contributed by atoms with E-state index >= 15 is 0 Å². The second-order valence-corrected chi connectivity index (χ2v) is 6.67. The Morgan fingerprint density at radius 3 is 2.43 bits per heavy atom. The molecule has 23 heavy (non-hydrogen) atoms. The summed E-state index contributed by atoms with van der Waals surface area (Å²) >= 11 is 3.35. The van der Waals surface area contributed by atoms with E-state index in [0.29, 0.717) is 0 Å². The van der Waals surface area contributed by atoms with Crippen molar-refractivity contribution in [1.29, 1.82) is 0 Å². The Balaban J connectivity index is 2.67. The number of urea groups is 1. The van der Waals surface area contributed by atoms with Crippen molar-refractivity contribution in [3.63, 3.8) is 0 Å². The molecule has 0 unspecified atom stereocenters. The molecule has 3 amide bonds.